The van der Waals surface area contributed by atoms with E-state index in [9.17, 15) is 14.4 Å². The predicted molar refractivity (Wildman–Crippen MR) is 227 cm³/mol. The van der Waals surface area contributed by atoms with Gasteiger partial charge in [0.15, 0.2) is 0 Å². The molecule has 0 unspecified atom stereocenters. The van der Waals surface area contributed by atoms with E-state index in [2.05, 4.69) is 69.8 Å². The van der Waals surface area contributed by atoms with E-state index < -0.39 is 23.4 Å². The molecule has 0 saturated carbocycles. The van der Waals surface area contributed by atoms with Crippen molar-refractivity contribution in [2.24, 2.45) is 17.1 Å². The van der Waals surface area contributed by atoms with Gasteiger partial charge in [0, 0.05) is 43.9 Å². The normalized spacial score (nSPS) is 16.1. The molecule has 3 N–H and O–H groups in total. The number of amides is 3. The average molecular weight is 791 g/mol. The van der Waals surface area contributed by atoms with Gasteiger partial charge >= 0.3 is 0 Å². The van der Waals surface area contributed by atoms with Crippen LogP contribution in [-0.4, -0.2) is 85.1 Å². The van der Waals surface area contributed by atoms with Crippen molar-refractivity contribution in [1.29, 1.82) is 0 Å². The van der Waals surface area contributed by atoms with Gasteiger partial charge < -0.3 is 30.3 Å². The van der Waals surface area contributed by atoms with Gasteiger partial charge in [0.1, 0.15) is 24.4 Å². The van der Waals surface area contributed by atoms with E-state index in [-0.39, 0.29) is 24.3 Å². The maximum atomic E-state index is 14.0. The average Bonchev–Trinajstić information content (AvgIpc) is 3.82. The Hall–Kier alpha value is -5.33. The Labute approximate surface area is 339 Å². The highest BCUT2D eigenvalue weighted by Crippen LogP contribution is 2.32. The van der Waals surface area contributed by atoms with Crippen molar-refractivity contribution in [2.75, 3.05) is 45.4 Å². The summed E-state index contributed by atoms with van der Waals surface area (Å²) in [5.74, 6) is -0.419. The van der Waals surface area contributed by atoms with Crippen molar-refractivity contribution < 1.29 is 23.9 Å². The number of aromatic nitrogens is 2. The number of fused-ring (bicyclic) bond motifs is 1. The lowest BCUT2D eigenvalue weighted by molar-refractivity contribution is -0.144. The highest BCUT2D eigenvalue weighted by atomic mass is 32.1. The fourth-order valence-corrected chi connectivity index (χ4v) is 8.06. The first kappa shape index (κ1) is 41.3. The standard InChI is InChI=1S/C45H54N6O5S/c1-29-41(57-28-47-29)33-11-9-30(10-12-33)23-31-24-39(43(46)53)51(26-31)44(54)42(45(2,3)4)49-40(52)27-55-21-7-8-22-56-36-18-20-38-34(25-36)15-19-37(48-38)32-13-16-35(17-14-32)50(5)6/h9-20,25,28,31,39,42H,7-8,21-24,26-27H2,1-6H3,(H2,46,53)(H,49,52)/t31-,39+,42-/m1/s1. The molecule has 1 fully saturated rings. The second kappa shape index (κ2) is 18.3. The Kier molecular flexibility index (Phi) is 13.3. The zero-order valence-corrected chi connectivity index (χ0v) is 34.6. The summed E-state index contributed by atoms with van der Waals surface area (Å²) in [5, 5.41) is 3.90. The first-order valence-electron chi connectivity index (χ1n) is 19.5. The number of nitrogens with one attached hydrogen (secondary N) is 1. The predicted octanol–water partition coefficient (Wildman–Crippen LogP) is 7.05. The van der Waals surface area contributed by atoms with Crippen LogP contribution in [0, 0.1) is 18.3 Å². The van der Waals surface area contributed by atoms with Crippen LogP contribution in [0.25, 0.3) is 32.6 Å². The number of primary amides is 1. The van der Waals surface area contributed by atoms with Gasteiger partial charge in [0.25, 0.3) is 0 Å². The number of nitrogens with two attached hydrogens (primary N) is 1. The molecule has 11 nitrogen and oxygen atoms in total. The monoisotopic (exact) mass is 790 g/mol. The molecule has 3 amide bonds. The number of anilines is 1. The van der Waals surface area contributed by atoms with Gasteiger partial charge in [-0.3, -0.25) is 14.4 Å². The lowest BCUT2D eigenvalue weighted by Gasteiger charge is -2.35. The molecule has 0 radical (unpaired) electrons. The number of rotatable bonds is 16. The number of aryl methyl sites for hydroxylation is 1. The van der Waals surface area contributed by atoms with Gasteiger partial charge in [-0.1, -0.05) is 63.2 Å². The van der Waals surface area contributed by atoms with Gasteiger partial charge in [-0.2, -0.15) is 0 Å². The number of hydrogen-bond acceptors (Lipinski definition) is 9. The van der Waals surface area contributed by atoms with E-state index in [1.807, 2.05) is 71.6 Å². The molecule has 57 heavy (non-hydrogen) atoms. The van der Waals surface area contributed by atoms with Gasteiger partial charge in [0.2, 0.25) is 17.7 Å². The SMILES string of the molecule is Cc1ncsc1-c1ccc(C[C@@H]2C[C@@H](C(N)=O)N(C(=O)[C@@H](NC(=O)COCCCCOc3ccc4nc(-c5ccc(N(C)C)cc5)ccc4c3)C(C)(C)C)C2)cc1. The topological polar surface area (TPSA) is 140 Å². The van der Waals surface area contributed by atoms with Gasteiger partial charge in [0.05, 0.1) is 33.9 Å². The van der Waals surface area contributed by atoms with Crippen molar-refractivity contribution in [2.45, 2.75) is 65.5 Å². The maximum absolute atomic E-state index is 14.0. The molecule has 5 aromatic rings. The molecule has 1 aliphatic rings. The van der Waals surface area contributed by atoms with Crippen LogP contribution in [0.5, 0.6) is 5.75 Å². The minimum Gasteiger partial charge on any atom is -0.494 e. The third kappa shape index (κ3) is 10.5. The molecule has 2 aromatic heterocycles. The van der Waals surface area contributed by atoms with Crippen LogP contribution in [0.2, 0.25) is 0 Å². The number of carbonyl (C=O) groups is 3. The summed E-state index contributed by atoms with van der Waals surface area (Å²) in [6, 6.07) is 25.1. The van der Waals surface area contributed by atoms with E-state index in [0.29, 0.717) is 39.0 Å². The molecule has 3 heterocycles. The van der Waals surface area contributed by atoms with E-state index in [4.69, 9.17) is 20.2 Å². The summed E-state index contributed by atoms with van der Waals surface area (Å²) in [4.78, 5) is 53.6. The largest absolute Gasteiger partial charge is 0.494 e. The van der Waals surface area contributed by atoms with E-state index in [0.717, 1.165) is 61.7 Å². The number of nitrogens with zero attached hydrogens (tertiary/aromatic N) is 4. The molecule has 0 aliphatic carbocycles. The molecular weight excluding hydrogens is 737 g/mol. The molecule has 1 aliphatic heterocycles. The first-order valence-corrected chi connectivity index (χ1v) is 20.4. The van der Waals surface area contributed by atoms with Gasteiger partial charge in [-0.15, -0.1) is 11.3 Å². The van der Waals surface area contributed by atoms with Crippen LogP contribution in [0.3, 0.4) is 0 Å². The zero-order chi connectivity index (χ0) is 40.7. The number of benzene rings is 3. The Morgan fingerprint density at radius 2 is 1.68 bits per heavy atom. The van der Waals surface area contributed by atoms with Gasteiger partial charge in [-0.25, -0.2) is 9.97 Å². The summed E-state index contributed by atoms with van der Waals surface area (Å²) in [5.41, 5.74) is 14.3. The number of hydrogen-bond donors (Lipinski definition) is 2. The van der Waals surface area contributed by atoms with Crippen molar-refractivity contribution in [3.05, 3.63) is 95.6 Å². The van der Waals surface area contributed by atoms with Crippen LogP contribution in [0.15, 0.2) is 84.4 Å². The number of unbranched alkanes of at least 4 members (excludes halogenated alkanes) is 1. The molecule has 1 saturated heterocycles. The highest BCUT2D eigenvalue weighted by molar-refractivity contribution is 7.13. The van der Waals surface area contributed by atoms with Gasteiger partial charge in [-0.05, 0) is 91.5 Å². The number of thiazole rings is 1. The number of ether oxygens (including phenoxy) is 2. The van der Waals surface area contributed by atoms with Crippen LogP contribution in [0.1, 0.15) is 51.3 Å². The highest BCUT2D eigenvalue weighted by Gasteiger charge is 2.44. The molecule has 0 spiro atoms. The third-order valence-electron chi connectivity index (χ3n) is 10.4. The number of pyridine rings is 1. The van der Waals surface area contributed by atoms with Crippen molar-refractivity contribution in [3.63, 3.8) is 0 Å². The van der Waals surface area contributed by atoms with Crippen LogP contribution in [-0.2, 0) is 25.5 Å². The van der Waals surface area contributed by atoms with Crippen molar-refractivity contribution in [3.8, 4) is 27.4 Å². The lowest BCUT2D eigenvalue weighted by Crippen LogP contribution is -2.57. The Bertz CT molecular complexity index is 2160. The van der Waals surface area contributed by atoms with Crippen molar-refractivity contribution >= 4 is 45.6 Å². The number of carbonyl (C=O) groups excluding carboxylic acids is 3. The molecule has 6 rings (SSSR count). The summed E-state index contributed by atoms with van der Waals surface area (Å²) in [6.07, 6.45) is 2.61. The van der Waals surface area contributed by atoms with E-state index in [1.54, 1.807) is 16.2 Å². The summed E-state index contributed by atoms with van der Waals surface area (Å²) in [7, 11) is 4.05. The second-order valence-electron chi connectivity index (χ2n) is 16.1. The number of likely N-dealkylation sites (tertiary alicyclic amines) is 1. The fraction of sp³-hybridized carbons (Fsp3) is 0.400. The van der Waals surface area contributed by atoms with E-state index >= 15 is 0 Å². The molecule has 12 heteroatoms. The van der Waals surface area contributed by atoms with Crippen LogP contribution in [0.4, 0.5) is 5.69 Å². The molecule has 300 valence electrons. The van der Waals surface area contributed by atoms with Crippen LogP contribution < -0.4 is 20.7 Å². The van der Waals surface area contributed by atoms with Crippen molar-refractivity contribution in [1.82, 2.24) is 20.2 Å². The van der Waals surface area contributed by atoms with Crippen LogP contribution >= 0.6 is 11.3 Å². The fourth-order valence-electron chi connectivity index (χ4n) is 7.25. The summed E-state index contributed by atoms with van der Waals surface area (Å²) >= 11 is 1.61. The molecule has 3 atom stereocenters. The lowest BCUT2D eigenvalue weighted by atomic mass is 9.85. The molecule has 0 bridgehead atoms. The Morgan fingerprint density at radius 3 is 2.35 bits per heavy atom. The smallest absolute Gasteiger partial charge is 0.246 e. The Balaban J connectivity index is 0.938. The summed E-state index contributed by atoms with van der Waals surface area (Å²) < 4.78 is 11.7. The Morgan fingerprint density at radius 1 is 0.965 bits per heavy atom. The van der Waals surface area contributed by atoms with E-state index in [1.165, 1.54) is 0 Å². The first-order chi connectivity index (χ1) is 27.3. The summed E-state index contributed by atoms with van der Waals surface area (Å²) in [6.45, 7) is 8.75. The molecular formula is C45H54N6O5S. The zero-order valence-electron chi connectivity index (χ0n) is 33.8. The quantitative estimate of drug-likeness (QED) is 0.101. The minimum absolute atomic E-state index is 0.0507. The maximum Gasteiger partial charge on any atom is 0.246 e. The third-order valence-corrected chi connectivity index (χ3v) is 11.4. The molecule has 3 aromatic carbocycles. The second-order valence-corrected chi connectivity index (χ2v) is 17.0. The minimum atomic E-state index is -0.858.